The second kappa shape index (κ2) is 7.32. The summed E-state index contributed by atoms with van der Waals surface area (Å²) >= 11 is 0. The van der Waals surface area contributed by atoms with Gasteiger partial charge in [-0.25, -0.2) is 8.42 Å². The molecule has 1 amide bonds. The normalized spacial score (nSPS) is 22.6. The van der Waals surface area contributed by atoms with Gasteiger partial charge < -0.3 is 5.32 Å². The Labute approximate surface area is 149 Å². The molecule has 0 bridgehead atoms. The molecule has 0 saturated carbocycles. The summed E-state index contributed by atoms with van der Waals surface area (Å²) in [6, 6.07) is -0.155. The average molecular weight is 365 g/mol. The Balaban J connectivity index is 1.65. The molecular weight excluding hydrogens is 338 g/mol. The van der Waals surface area contributed by atoms with E-state index in [9.17, 15) is 13.2 Å². The third-order valence-electron chi connectivity index (χ3n) is 5.22. The smallest absolute Gasteiger partial charge is 0.255 e. The molecule has 1 aromatic heterocycles. The zero-order valence-corrected chi connectivity index (χ0v) is 15.9. The first kappa shape index (κ1) is 18.2. The molecule has 1 aromatic rings. The van der Waals surface area contributed by atoms with Crippen molar-refractivity contribution in [3.05, 3.63) is 28.6 Å². The topological polar surface area (TPSA) is 81.1 Å². The predicted octanol–water partition coefficient (Wildman–Crippen LogP) is 2.48. The van der Waals surface area contributed by atoms with Gasteiger partial charge in [0.2, 0.25) is 0 Å². The molecule has 3 rings (SSSR count). The summed E-state index contributed by atoms with van der Waals surface area (Å²) in [5.41, 5.74) is 3.44. The molecule has 1 aliphatic carbocycles. The Bertz CT molecular complexity index is 793. The van der Waals surface area contributed by atoms with Crippen LogP contribution in [0.4, 0.5) is 0 Å². The lowest BCUT2D eigenvalue weighted by molar-refractivity contribution is 0.0952. The van der Waals surface area contributed by atoms with Crippen LogP contribution in [0.5, 0.6) is 0 Å². The van der Waals surface area contributed by atoms with Crippen molar-refractivity contribution < 1.29 is 13.2 Å². The number of hydrogen-bond donors (Lipinski definition) is 1. The molecule has 7 heteroatoms. The van der Waals surface area contributed by atoms with E-state index in [1.165, 1.54) is 18.4 Å². The lowest BCUT2D eigenvalue weighted by atomic mass is 9.97. The molecule has 2 heterocycles. The maximum Gasteiger partial charge on any atom is 0.255 e. The molecule has 0 spiro atoms. The summed E-state index contributed by atoms with van der Waals surface area (Å²) in [5, 5.41) is 7.45. The van der Waals surface area contributed by atoms with Crippen LogP contribution in [0.25, 0.3) is 0 Å². The molecule has 6 nitrogen and oxygen atoms in total. The van der Waals surface area contributed by atoms with Gasteiger partial charge in [-0.2, -0.15) is 5.10 Å². The number of carbonyl (C=O) groups is 1. The fourth-order valence-electron chi connectivity index (χ4n) is 3.87. The predicted molar refractivity (Wildman–Crippen MR) is 97.5 cm³/mol. The van der Waals surface area contributed by atoms with Gasteiger partial charge >= 0.3 is 0 Å². The molecule has 1 aliphatic heterocycles. The molecule has 25 heavy (non-hydrogen) atoms. The van der Waals surface area contributed by atoms with Crippen LogP contribution in [0.1, 0.15) is 66.3 Å². The number of nitrogens with zero attached hydrogens (tertiary/aromatic N) is 2. The van der Waals surface area contributed by atoms with E-state index in [2.05, 4.69) is 16.5 Å². The van der Waals surface area contributed by atoms with Gasteiger partial charge in [0.1, 0.15) is 0 Å². The lowest BCUT2D eigenvalue weighted by Crippen LogP contribution is -2.26. The van der Waals surface area contributed by atoms with Crippen LogP contribution in [-0.4, -0.2) is 42.2 Å². The van der Waals surface area contributed by atoms with Crippen molar-refractivity contribution in [3.8, 4) is 0 Å². The fraction of sp³-hybridized carbons (Fsp3) is 0.667. The highest BCUT2D eigenvalue weighted by Gasteiger charge is 2.32. The zero-order chi connectivity index (χ0) is 18.0. The Morgan fingerprint density at radius 3 is 2.80 bits per heavy atom. The van der Waals surface area contributed by atoms with Crippen molar-refractivity contribution in [1.29, 1.82) is 0 Å². The van der Waals surface area contributed by atoms with Crippen molar-refractivity contribution in [1.82, 2.24) is 15.1 Å². The minimum absolute atomic E-state index is 0.112. The molecular formula is C18H27N3O3S. The number of carbonyl (C=O) groups excluding carboxylic acids is 1. The number of nitrogens with one attached hydrogen (secondary N) is 1. The van der Waals surface area contributed by atoms with Gasteiger partial charge in [0, 0.05) is 12.2 Å². The summed E-state index contributed by atoms with van der Waals surface area (Å²) in [6.45, 7) is 4.29. The van der Waals surface area contributed by atoms with E-state index >= 15 is 0 Å². The lowest BCUT2D eigenvalue weighted by Gasteiger charge is -2.13. The Hall–Kier alpha value is -1.63. The van der Waals surface area contributed by atoms with Gasteiger partial charge in [0.15, 0.2) is 9.84 Å². The average Bonchev–Trinajstić information content (AvgIpc) is 3.07. The standard InChI is InChI=1S/C18H27N3O3S/c1-13-17(18(22)19-10-8-15-6-4-3-5-7-15)14(2)21(20-13)16-9-11-25(23,24)12-16/h6,16H,3-5,7-12H2,1-2H3,(H,19,22)/t16-/m0/s1. The number of amides is 1. The molecule has 1 fully saturated rings. The second-order valence-corrected chi connectivity index (χ2v) is 9.39. The van der Waals surface area contributed by atoms with Gasteiger partial charge in [-0.3, -0.25) is 9.48 Å². The van der Waals surface area contributed by atoms with E-state index in [1.807, 2.05) is 13.8 Å². The number of aryl methyl sites for hydroxylation is 1. The third-order valence-corrected chi connectivity index (χ3v) is 6.97. The molecule has 2 aliphatic rings. The van der Waals surface area contributed by atoms with Crippen molar-refractivity contribution in [2.45, 2.75) is 58.4 Å². The minimum Gasteiger partial charge on any atom is -0.352 e. The highest BCUT2D eigenvalue weighted by Crippen LogP contribution is 2.27. The Morgan fingerprint density at radius 1 is 1.36 bits per heavy atom. The van der Waals surface area contributed by atoms with Crippen molar-refractivity contribution in [3.63, 3.8) is 0 Å². The van der Waals surface area contributed by atoms with E-state index in [-0.39, 0.29) is 23.5 Å². The minimum atomic E-state index is -2.98. The van der Waals surface area contributed by atoms with E-state index in [0.29, 0.717) is 24.2 Å². The molecule has 1 atom stereocenters. The number of allylic oxidation sites excluding steroid dienone is 1. The summed E-state index contributed by atoms with van der Waals surface area (Å²) in [6.07, 6.45) is 8.57. The first-order valence-electron chi connectivity index (χ1n) is 9.09. The van der Waals surface area contributed by atoms with Crippen molar-refractivity contribution in [2.24, 2.45) is 0 Å². The van der Waals surface area contributed by atoms with Crippen LogP contribution in [0.2, 0.25) is 0 Å². The van der Waals surface area contributed by atoms with Gasteiger partial charge in [-0.05, 0) is 52.4 Å². The summed E-state index contributed by atoms with van der Waals surface area (Å²) < 4.78 is 25.2. The van der Waals surface area contributed by atoms with E-state index in [1.54, 1.807) is 4.68 Å². The van der Waals surface area contributed by atoms with Gasteiger partial charge in [0.05, 0.1) is 28.8 Å². The molecule has 0 aromatic carbocycles. The van der Waals surface area contributed by atoms with Gasteiger partial charge in [-0.1, -0.05) is 11.6 Å². The molecule has 138 valence electrons. The highest BCUT2D eigenvalue weighted by atomic mass is 32.2. The van der Waals surface area contributed by atoms with Crippen molar-refractivity contribution in [2.75, 3.05) is 18.1 Å². The van der Waals surface area contributed by atoms with Crippen LogP contribution in [0, 0.1) is 13.8 Å². The second-order valence-electron chi connectivity index (χ2n) is 7.16. The van der Waals surface area contributed by atoms with Gasteiger partial charge in [-0.15, -0.1) is 0 Å². The monoisotopic (exact) mass is 365 g/mol. The quantitative estimate of drug-likeness (QED) is 0.813. The molecule has 1 N–H and O–H groups in total. The van der Waals surface area contributed by atoms with Crippen LogP contribution in [-0.2, 0) is 9.84 Å². The third kappa shape index (κ3) is 4.14. The van der Waals surface area contributed by atoms with Crippen LogP contribution in [0.3, 0.4) is 0 Å². The van der Waals surface area contributed by atoms with E-state index in [4.69, 9.17) is 0 Å². The van der Waals surface area contributed by atoms with E-state index < -0.39 is 9.84 Å². The van der Waals surface area contributed by atoms with Crippen LogP contribution >= 0.6 is 0 Å². The Kier molecular flexibility index (Phi) is 5.32. The fourth-order valence-corrected chi connectivity index (χ4v) is 5.56. The SMILES string of the molecule is Cc1nn([C@H]2CCS(=O)(=O)C2)c(C)c1C(=O)NCCC1=CCCCC1. The van der Waals surface area contributed by atoms with Crippen LogP contribution < -0.4 is 5.32 Å². The van der Waals surface area contributed by atoms with E-state index in [0.717, 1.165) is 25.0 Å². The molecule has 1 saturated heterocycles. The molecule has 0 unspecified atom stereocenters. The zero-order valence-electron chi connectivity index (χ0n) is 15.0. The first-order valence-corrected chi connectivity index (χ1v) is 10.9. The number of rotatable bonds is 5. The number of hydrogen-bond acceptors (Lipinski definition) is 4. The first-order chi connectivity index (χ1) is 11.9. The summed E-state index contributed by atoms with van der Waals surface area (Å²) in [4.78, 5) is 12.6. The maximum absolute atomic E-state index is 12.6. The Morgan fingerprint density at radius 2 is 2.16 bits per heavy atom. The van der Waals surface area contributed by atoms with Crippen LogP contribution in [0.15, 0.2) is 11.6 Å². The molecule has 0 radical (unpaired) electrons. The van der Waals surface area contributed by atoms with Crippen molar-refractivity contribution >= 4 is 15.7 Å². The van der Waals surface area contributed by atoms with Gasteiger partial charge in [0.25, 0.3) is 5.91 Å². The largest absolute Gasteiger partial charge is 0.352 e. The number of aromatic nitrogens is 2. The maximum atomic E-state index is 12.6. The number of sulfone groups is 1. The summed E-state index contributed by atoms with van der Waals surface area (Å²) in [7, 11) is -2.98. The summed E-state index contributed by atoms with van der Waals surface area (Å²) in [5.74, 6) is 0.204. The highest BCUT2D eigenvalue weighted by molar-refractivity contribution is 7.91.